The molecule has 21 heavy (non-hydrogen) atoms. The monoisotopic (exact) mass is 291 g/mol. The number of benzene rings is 1. The number of rotatable bonds is 8. The van der Waals surface area contributed by atoms with E-state index in [1.54, 1.807) is 0 Å². The third-order valence-electron chi connectivity index (χ3n) is 3.91. The Kier molecular flexibility index (Phi) is 6.70. The Bertz CT molecular complexity index is 421. The molecule has 1 aliphatic heterocycles. The topological polar surface area (TPSA) is 49.8 Å². The first-order valence-corrected chi connectivity index (χ1v) is 7.84. The van der Waals surface area contributed by atoms with Gasteiger partial charge in [0.15, 0.2) is 0 Å². The van der Waals surface area contributed by atoms with Gasteiger partial charge in [-0.25, -0.2) is 0 Å². The molecule has 0 aliphatic carbocycles. The summed E-state index contributed by atoms with van der Waals surface area (Å²) < 4.78 is 5.95. The van der Waals surface area contributed by atoms with Gasteiger partial charge in [-0.1, -0.05) is 30.3 Å². The molecule has 4 nitrogen and oxygen atoms in total. The summed E-state index contributed by atoms with van der Waals surface area (Å²) in [6, 6.07) is 10.5. The molecule has 116 valence electrons. The Morgan fingerprint density at radius 1 is 1.33 bits per heavy atom. The number of piperidine rings is 1. The van der Waals surface area contributed by atoms with Crippen LogP contribution in [0.3, 0.4) is 0 Å². The van der Waals surface area contributed by atoms with E-state index in [-0.39, 0.29) is 12.5 Å². The van der Waals surface area contributed by atoms with E-state index in [1.807, 2.05) is 6.07 Å². The highest BCUT2D eigenvalue weighted by molar-refractivity contribution is 5.66. The molecule has 1 N–H and O–H groups in total. The number of carboxylic acid groups (broad SMARTS) is 1. The van der Waals surface area contributed by atoms with Crippen molar-refractivity contribution in [3.8, 4) is 0 Å². The molecule has 0 aromatic heterocycles. The summed E-state index contributed by atoms with van der Waals surface area (Å²) >= 11 is 0. The van der Waals surface area contributed by atoms with Crippen LogP contribution in [0.1, 0.15) is 31.2 Å². The lowest BCUT2D eigenvalue weighted by Crippen LogP contribution is -2.40. The van der Waals surface area contributed by atoms with E-state index in [0.717, 1.165) is 45.4 Å². The zero-order chi connectivity index (χ0) is 14.9. The number of aliphatic carboxylic acids is 1. The lowest BCUT2D eigenvalue weighted by Gasteiger charge is -2.32. The molecule has 2 rings (SSSR count). The number of carboxylic acids is 1. The molecule has 1 atom stereocenters. The van der Waals surface area contributed by atoms with Crippen molar-refractivity contribution in [2.75, 3.05) is 26.2 Å². The number of aryl methyl sites for hydroxylation is 1. The highest BCUT2D eigenvalue weighted by Gasteiger charge is 2.20. The van der Waals surface area contributed by atoms with Crippen LogP contribution in [0.25, 0.3) is 0 Å². The fourth-order valence-electron chi connectivity index (χ4n) is 2.78. The smallest absolute Gasteiger partial charge is 0.304 e. The van der Waals surface area contributed by atoms with Gasteiger partial charge in [-0.15, -0.1) is 0 Å². The normalized spacial score (nSPS) is 19.5. The van der Waals surface area contributed by atoms with Crippen LogP contribution in [0, 0.1) is 0 Å². The SMILES string of the molecule is O=C(O)CCN1CCCC(OCCCc2ccccc2)C1. The quantitative estimate of drug-likeness (QED) is 0.748. The largest absolute Gasteiger partial charge is 0.481 e. The number of hydrogen-bond donors (Lipinski definition) is 1. The van der Waals surface area contributed by atoms with Crippen molar-refractivity contribution in [2.24, 2.45) is 0 Å². The van der Waals surface area contributed by atoms with Gasteiger partial charge in [0.05, 0.1) is 12.5 Å². The molecule has 0 bridgehead atoms. The van der Waals surface area contributed by atoms with Crippen molar-refractivity contribution in [2.45, 2.75) is 38.2 Å². The Morgan fingerprint density at radius 3 is 2.90 bits per heavy atom. The third kappa shape index (κ3) is 6.27. The first kappa shape index (κ1) is 16.0. The summed E-state index contributed by atoms with van der Waals surface area (Å²) in [4.78, 5) is 12.8. The average molecular weight is 291 g/mol. The Morgan fingerprint density at radius 2 is 2.14 bits per heavy atom. The first-order valence-electron chi connectivity index (χ1n) is 7.84. The molecule has 0 saturated carbocycles. The van der Waals surface area contributed by atoms with Gasteiger partial charge in [0.2, 0.25) is 0 Å². The van der Waals surface area contributed by atoms with E-state index in [9.17, 15) is 4.79 Å². The lowest BCUT2D eigenvalue weighted by atomic mass is 10.1. The molecule has 1 aromatic rings. The second-order valence-electron chi connectivity index (χ2n) is 5.67. The molecule has 1 saturated heterocycles. The van der Waals surface area contributed by atoms with Crippen LogP contribution in [0.4, 0.5) is 0 Å². The highest BCUT2D eigenvalue weighted by Crippen LogP contribution is 2.14. The minimum atomic E-state index is -0.721. The molecule has 1 aromatic carbocycles. The number of nitrogens with zero attached hydrogens (tertiary/aromatic N) is 1. The van der Waals surface area contributed by atoms with Crippen molar-refractivity contribution >= 4 is 5.97 Å². The molecule has 1 aliphatic rings. The van der Waals surface area contributed by atoms with Crippen LogP contribution >= 0.6 is 0 Å². The van der Waals surface area contributed by atoms with E-state index in [0.29, 0.717) is 6.54 Å². The highest BCUT2D eigenvalue weighted by atomic mass is 16.5. The molecule has 1 fully saturated rings. The van der Waals surface area contributed by atoms with E-state index in [1.165, 1.54) is 5.56 Å². The summed E-state index contributed by atoms with van der Waals surface area (Å²) in [5.74, 6) is -0.721. The maximum Gasteiger partial charge on any atom is 0.304 e. The fourth-order valence-corrected chi connectivity index (χ4v) is 2.78. The van der Waals surface area contributed by atoms with Crippen molar-refractivity contribution in [1.82, 2.24) is 4.90 Å². The maximum absolute atomic E-state index is 10.6. The van der Waals surface area contributed by atoms with E-state index >= 15 is 0 Å². The molecular weight excluding hydrogens is 266 g/mol. The Balaban J connectivity index is 1.60. The third-order valence-corrected chi connectivity index (χ3v) is 3.91. The van der Waals surface area contributed by atoms with Crippen LogP contribution < -0.4 is 0 Å². The number of carbonyl (C=O) groups is 1. The second-order valence-corrected chi connectivity index (χ2v) is 5.67. The maximum atomic E-state index is 10.6. The Hall–Kier alpha value is -1.39. The summed E-state index contributed by atoms with van der Waals surface area (Å²) in [7, 11) is 0. The van der Waals surface area contributed by atoms with Gasteiger partial charge >= 0.3 is 5.97 Å². The molecule has 1 heterocycles. The summed E-state index contributed by atoms with van der Waals surface area (Å²) in [5.41, 5.74) is 1.35. The van der Waals surface area contributed by atoms with Gasteiger partial charge in [0.25, 0.3) is 0 Å². The van der Waals surface area contributed by atoms with Crippen LogP contribution in [0.5, 0.6) is 0 Å². The summed E-state index contributed by atoms with van der Waals surface area (Å²) in [6.45, 7) is 3.29. The van der Waals surface area contributed by atoms with Gasteiger partial charge < -0.3 is 14.7 Å². The first-order chi connectivity index (χ1) is 10.2. The zero-order valence-corrected chi connectivity index (χ0v) is 12.5. The van der Waals surface area contributed by atoms with Crippen LogP contribution in [-0.2, 0) is 16.0 Å². The minimum absolute atomic E-state index is 0.223. The average Bonchev–Trinajstić information content (AvgIpc) is 2.51. The molecule has 1 unspecified atom stereocenters. The Labute approximate surface area is 126 Å². The molecule has 0 radical (unpaired) electrons. The van der Waals surface area contributed by atoms with E-state index in [2.05, 4.69) is 29.2 Å². The predicted molar refractivity (Wildman–Crippen MR) is 82.4 cm³/mol. The van der Waals surface area contributed by atoms with Gasteiger partial charge in [-0.05, 0) is 37.8 Å². The van der Waals surface area contributed by atoms with Gasteiger partial charge in [-0.2, -0.15) is 0 Å². The van der Waals surface area contributed by atoms with Gasteiger partial charge in [0.1, 0.15) is 0 Å². The molecule has 4 heteroatoms. The molecular formula is C17H25NO3. The number of likely N-dealkylation sites (tertiary alicyclic amines) is 1. The lowest BCUT2D eigenvalue weighted by molar-refractivity contribution is -0.137. The standard InChI is InChI=1S/C17H25NO3/c19-17(20)10-12-18-11-4-9-16(14-18)21-13-5-8-15-6-2-1-3-7-15/h1-3,6-7,16H,4-5,8-14H2,(H,19,20). The predicted octanol–water partition coefficient (Wildman–Crippen LogP) is 2.57. The van der Waals surface area contributed by atoms with Crippen LogP contribution in [-0.4, -0.2) is 48.3 Å². The summed E-state index contributed by atoms with van der Waals surface area (Å²) in [6.07, 6.45) is 4.77. The van der Waals surface area contributed by atoms with Gasteiger partial charge in [-0.3, -0.25) is 4.79 Å². The minimum Gasteiger partial charge on any atom is -0.481 e. The zero-order valence-electron chi connectivity index (χ0n) is 12.5. The van der Waals surface area contributed by atoms with Crippen molar-refractivity contribution in [3.63, 3.8) is 0 Å². The van der Waals surface area contributed by atoms with E-state index < -0.39 is 5.97 Å². The fraction of sp³-hybridized carbons (Fsp3) is 0.588. The van der Waals surface area contributed by atoms with Crippen LogP contribution in [0.2, 0.25) is 0 Å². The van der Waals surface area contributed by atoms with Crippen LogP contribution in [0.15, 0.2) is 30.3 Å². The van der Waals surface area contributed by atoms with Crippen molar-refractivity contribution in [1.29, 1.82) is 0 Å². The summed E-state index contributed by atoms with van der Waals surface area (Å²) in [5, 5.41) is 8.73. The van der Waals surface area contributed by atoms with Crippen molar-refractivity contribution < 1.29 is 14.6 Å². The second kappa shape index (κ2) is 8.80. The van der Waals surface area contributed by atoms with Crippen molar-refractivity contribution in [3.05, 3.63) is 35.9 Å². The number of ether oxygens (including phenoxy) is 1. The molecule has 0 spiro atoms. The number of hydrogen-bond acceptors (Lipinski definition) is 3. The van der Waals surface area contributed by atoms with E-state index in [4.69, 9.17) is 9.84 Å². The molecule has 0 amide bonds. The van der Waals surface area contributed by atoms with Gasteiger partial charge in [0, 0.05) is 19.7 Å².